The molecule has 0 bridgehead atoms. The molecule has 5 unspecified atom stereocenters. The average Bonchev–Trinajstić information content (AvgIpc) is 0.919. The number of esters is 4. The molecule has 0 rings (SSSR count). The second-order valence-electron chi connectivity index (χ2n) is 25.9. The van der Waals surface area contributed by atoms with E-state index >= 15 is 0 Å². The maximum atomic E-state index is 13.1. The average molecular weight is 1470 g/mol. The van der Waals surface area contributed by atoms with Gasteiger partial charge >= 0.3 is 39.5 Å². The van der Waals surface area contributed by atoms with Crippen LogP contribution in [0.5, 0.6) is 0 Å². The molecule has 3 N–H and O–H groups in total. The van der Waals surface area contributed by atoms with E-state index in [1.165, 1.54) is 38.5 Å². The van der Waals surface area contributed by atoms with Crippen molar-refractivity contribution in [1.29, 1.82) is 0 Å². The standard InChI is InChI=1S/C83H140O17P2/c1-5-9-13-17-21-25-29-33-37-38-42-44-48-52-56-60-64-68-81(86)94-74-79(100-83(88)70-66-62-58-54-50-46-41-36-32-28-24-20-16-12-8-4)76-98-102(91,92)96-72-77(84)71-95-101(89,90)97-75-78(99-82(87)69-65-61-57-53-49-45-40-35-31-27-23-19-15-11-7-3)73-93-80(85)67-63-59-55-51-47-43-39-34-30-26-22-18-14-10-6-2/h9,12-13,16,21-28,33-37,39-41,50,54,77-79,84H,5-8,10-11,14-15,17-20,29-32,38,42-49,51-53,55-76H2,1-4H3,(H,89,90)(H,91,92)/b13-9-,16-12-,25-21-,26-22-,27-23-,28-24-,37-33-,39-34-,40-35-,41-36-,54-50-. The molecule has 17 nitrogen and oxygen atoms in total. The highest BCUT2D eigenvalue weighted by atomic mass is 31.2. The molecule has 584 valence electrons. The number of hydrogen-bond acceptors (Lipinski definition) is 15. The van der Waals surface area contributed by atoms with Crippen molar-refractivity contribution in [2.75, 3.05) is 39.6 Å². The van der Waals surface area contributed by atoms with Crippen LogP contribution in [-0.2, 0) is 65.4 Å². The largest absolute Gasteiger partial charge is 0.472 e. The Kier molecular flexibility index (Phi) is 71.0. The summed E-state index contributed by atoms with van der Waals surface area (Å²) >= 11 is 0. The lowest BCUT2D eigenvalue weighted by atomic mass is 10.1. The number of hydrogen-bond donors (Lipinski definition) is 3. The van der Waals surface area contributed by atoms with Crippen LogP contribution in [-0.4, -0.2) is 96.7 Å². The monoisotopic (exact) mass is 1470 g/mol. The lowest BCUT2D eigenvalue weighted by Gasteiger charge is -2.21. The Morgan fingerprint density at radius 3 is 0.804 bits per heavy atom. The van der Waals surface area contributed by atoms with E-state index in [4.69, 9.17) is 37.0 Å². The summed E-state index contributed by atoms with van der Waals surface area (Å²) in [5, 5.41) is 10.6. The quantitative estimate of drug-likeness (QED) is 0.0169. The first-order valence-electron chi connectivity index (χ1n) is 39.4. The van der Waals surface area contributed by atoms with Crippen LogP contribution in [0.15, 0.2) is 134 Å². The van der Waals surface area contributed by atoms with Crippen LogP contribution in [0.4, 0.5) is 0 Å². The summed E-state index contributed by atoms with van der Waals surface area (Å²) in [6, 6.07) is 0. The van der Waals surface area contributed by atoms with Crippen molar-refractivity contribution in [3.63, 3.8) is 0 Å². The summed E-state index contributed by atoms with van der Waals surface area (Å²) < 4.78 is 68.5. The lowest BCUT2D eigenvalue weighted by Crippen LogP contribution is -2.30. The van der Waals surface area contributed by atoms with Crippen LogP contribution < -0.4 is 0 Å². The number of rotatable bonds is 73. The number of aliphatic hydroxyl groups excluding tert-OH is 1. The number of phosphoric acid groups is 2. The van der Waals surface area contributed by atoms with E-state index in [0.29, 0.717) is 32.1 Å². The summed E-state index contributed by atoms with van der Waals surface area (Å²) in [7, 11) is -9.98. The van der Waals surface area contributed by atoms with Crippen LogP contribution in [0.1, 0.15) is 310 Å². The lowest BCUT2D eigenvalue weighted by molar-refractivity contribution is -0.161. The first kappa shape index (κ1) is 97.2. The van der Waals surface area contributed by atoms with Crippen molar-refractivity contribution in [3.8, 4) is 0 Å². The summed E-state index contributed by atoms with van der Waals surface area (Å²) in [6.45, 7) is 4.51. The van der Waals surface area contributed by atoms with Gasteiger partial charge in [0.2, 0.25) is 0 Å². The Morgan fingerprint density at radius 1 is 0.284 bits per heavy atom. The molecule has 0 saturated heterocycles. The van der Waals surface area contributed by atoms with Gasteiger partial charge in [-0.2, -0.15) is 0 Å². The molecule has 0 aliphatic carbocycles. The Morgan fingerprint density at radius 2 is 0.510 bits per heavy atom. The number of carbonyl (C=O) groups is 4. The molecule has 0 spiro atoms. The van der Waals surface area contributed by atoms with E-state index in [9.17, 15) is 43.2 Å². The van der Waals surface area contributed by atoms with Gasteiger partial charge in [-0.25, -0.2) is 9.13 Å². The molecule has 0 aromatic heterocycles. The molecule has 102 heavy (non-hydrogen) atoms. The highest BCUT2D eigenvalue weighted by molar-refractivity contribution is 7.47. The van der Waals surface area contributed by atoms with Crippen LogP contribution in [0.3, 0.4) is 0 Å². The number of aliphatic hydroxyl groups is 1. The minimum Gasteiger partial charge on any atom is -0.462 e. The molecule has 0 aromatic carbocycles. The van der Waals surface area contributed by atoms with Crippen molar-refractivity contribution in [3.05, 3.63) is 134 Å². The number of phosphoric ester groups is 2. The van der Waals surface area contributed by atoms with Gasteiger partial charge in [0.15, 0.2) is 12.2 Å². The number of allylic oxidation sites excluding steroid dienone is 22. The van der Waals surface area contributed by atoms with E-state index in [-0.39, 0.29) is 25.7 Å². The minimum absolute atomic E-state index is 0.0367. The van der Waals surface area contributed by atoms with Gasteiger partial charge in [0, 0.05) is 25.7 Å². The molecule has 5 atom stereocenters. The van der Waals surface area contributed by atoms with Gasteiger partial charge in [0.1, 0.15) is 19.3 Å². The highest BCUT2D eigenvalue weighted by Crippen LogP contribution is 2.45. The van der Waals surface area contributed by atoms with Crippen molar-refractivity contribution in [2.24, 2.45) is 0 Å². The molecule has 0 aromatic rings. The first-order chi connectivity index (χ1) is 49.7. The molecule has 0 aliphatic heterocycles. The van der Waals surface area contributed by atoms with E-state index in [1.54, 1.807) is 0 Å². The molecule has 0 fully saturated rings. The van der Waals surface area contributed by atoms with E-state index in [1.807, 2.05) is 0 Å². The predicted molar refractivity (Wildman–Crippen MR) is 418 cm³/mol. The van der Waals surface area contributed by atoms with Crippen LogP contribution in [0.2, 0.25) is 0 Å². The minimum atomic E-state index is -4.99. The van der Waals surface area contributed by atoms with Crippen LogP contribution in [0, 0.1) is 0 Å². The second-order valence-corrected chi connectivity index (χ2v) is 28.8. The molecular weight excluding hydrogens is 1330 g/mol. The zero-order valence-electron chi connectivity index (χ0n) is 63.7. The molecule has 0 saturated carbocycles. The third-order valence-corrected chi connectivity index (χ3v) is 18.0. The number of unbranched alkanes of at least 4 members (excludes halogenated alkanes) is 25. The van der Waals surface area contributed by atoms with Gasteiger partial charge in [-0.15, -0.1) is 0 Å². The molecule has 0 aliphatic rings. The van der Waals surface area contributed by atoms with Crippen molar-refractivity contribution in [1.82, 2.24) is 0 Å². The van der Waals surface area contributed by atoms with Gasteiger partial charge in [-0.05, 0) is 161 Å². The Hall–Kier alpha value is -4.80. The summed E-state index contributed by atoms with van der Waals surface area (Å²) in [4.78, 5) is 73.0. The fraction of sp³-hybridized carbons (Fsp3) is 0.687. The van der Waals surface area contributed by atoms with Gasteiger partial charge in [0.05, 0.1) is 26.4 Å². The normalized spacial score (nSPS) is 14.6. The van der Waals surface area contributed by atoms with Gasteiger partial charge in [-0.1, -0.05) is 258 Å². The maximum Gasteiger partial charge on any atom is 0.472 e. The molecule has 0 heterocycles. The van der Waals surface area contributed by atoms with E-state index in [0.717, 1.165) is 186 Å². The van der Waals surface area contributed by atoms with Crippen molar-refractivity contribution in [2.45, 2.75) is 329 Å². The predicted octanol–water partition coefficient (Wildman–Crippen LogP) is 22.9. The Bertz CT molecular complexity index is 2460. The van der Waals surface area contributed by atoms with Crippen molar-refractivity contribution < 1.29 is 80.2 Å². The van der Waals surface area contributed by atoms with Crippen LogP contribution >= 0.6 is 15.6 Å². The molecule has 0 radical (unpaired) electrons. The summed E-state index contributed by atoms with van der Waals surface area (Å²) in [5.41, 5.74) is 0. The maximum absolute atomic E-state index is 13.1. The third kappa shape index (κ3) is 73.5. The van der Waals surface area contributed by atoms with E-state index < -0.39 is 97.5 Å². The van der Waals surface area contributed by atoms with Gasteiger partial charge in [-0.3, -0.25) is 37.3 Å². The Balaban J connectivity index is 5.42. The van der Waals surface area contributed by atoms with Crippen LogP contribution in [0.25, 0.3) is 0 Å². The SMILES string of the molecule is CC/C=C\C/C=C\C/C=C\C/C=C\CCCCC(=O)OC(COC(=O)CCCCCCCCC/C=C\C/C=C\C/C=C\CC)COP(=O)(O)OCC(O)COP(=O)(O)OCC(COC(=O)CCCCCCC/C=C\C/C=C\CCCCC)OC(=O)CCCCCCC/C=C\C/C=C\CCCCC. The fourth-order valence-corrected chi connectivity index (χ4v) is 11.7. The topological polar surface area (TPSA) is 237 Å². The first-order valence-corrected chi connectivity index (χ1v) is 42.4. The van der Waals surface area contributed by atoms with E-state index in [2.05, 4.69) is 161 Å². The third-order valence-electron chi connectivity index (χ3n) is 16.1. The zero-order valence-corrected chi connectivity index (χ0v) is 65.5. The summed E-state index contributed by atoms with van der Waals surface area (Å²) in [6.07, 6.45) is 82.9. The highest BCUT2D eigenvalue weighted by Gasteiger charge is 2.30. The fourth-order valence-electron chi connectivity index (χ4n) is 10.1. The molecule has 0 amide bonds. The summed E-state index contributed by atoms with van der Waals surface area (Å²) in [5.74, 6) is -2.26. The van der Waals surface area contributed by atoms with Crippen molar-refractivity contribution >= 4 is 39.5 Å². The molecular formula is C83H140O17P2. The smallest absolute Gasteiger partial charge is 0.462 e. The van der Waals surface area contributed by atoms with Gasteiger partial charge < -0.3 is 33.8 Å². The zero-order chi connectivity index (χ0) is 74.6. The Labute approximate surface area is 618 Å². The van der Waals surface area contributed by atoms with Gasteiger partial charge in [0.25, 0.3) is 0 Å². The second kappa shape index (κ2) is 74.5. The number of ether oxygens (including phenoxy) is 4. The number of carbonyl (C=O) groups excluding carboxylic acids is 4. The molecule has 19 heteroatoms.